The molecule has 1 aromatic carbocycles. The van der Waals surface area contributed by atoms with Gasteiger partial charge in [-0.25, -0.2) is 4.98 Å². The predicted molar refractivity (Wildman–Crippen MR) is 77.7 cm³/mol. The third-order valence-corrected chi connectivity index (χ3v) is 3.55. The average molecular weight is 259 g/mol. The zero-order chi connectivity index (χ0) is 13.1. The minimum absolute atomic E-state index is 0.0495. The van der Waals surface area contributed by atoms with Crippen molar-refractivity contribution in [3.63, 3.8) is 0 Å². The molecule has 0 bridgehead atoms. The molecule has 1 unspecified atom stereocenters. The van der Waals surface area contributed by atoms with Crippen molar-refractivity contribution in [1.29, 1.82) is 0 Å². The second-order valence-electron chi connectivity index (χ2n) is 4.43. The summed E-state index contributed by atoms with van der Waals surface area (Å²) < 4.78 is 2.10. The molecule has 2 rings (SSSR count). The van der Waals surface area contributed by atoms with Crippen LogP contribution in [0.2, 0.25) is 0 Å². The van der Waals surface area contributed by atoms with Crippen LogP contribution in [0.3, 0.4) is 0 Å². The van der Waals surface area contributed by atoms with E-state index in [1.165, 1.54) is 0 Å². The van der Waals surface area contributed by atoms with E-state index in [1.807, 2.05) is 31.5 Å². The molecule has 4 heteroatoms. The fraction of sp³-hybridized carbons (Fsp3) is 0.286. The van der Waals surface area contributed by atoms with Crippen LogP contribution in [0.5, 0.6) is 0 Å². The molecule has 1 atom stereocenters. The van der Waals surface area contributed by atoms with E-state index in [0.717, 1.165) is 23.5 Å². The van der Waals surface area contributed by atoms with Crippen LogP contribution < -0.4 is 5.73 Å². The van der Waals surface area contributed by atoms with Crippen LogP contribution in [0, 0.1) is 13.8 Å². The number of nitrogens with zero attached hydrogens (tertiary/aromatic N) is 2. The summed E-state index contributed by atoms with van der Waals surface area (Å²) in [7, 11) is 0. The SMILES string of the molecule is Cc1ncn(CC(C(N)=S)c2ccccc2)c1C. The first-order valence-electron chi connectivity index (χ1n) is 5.92. The van der Waals surface area contributed by atoms with Gasteiger partial charge in [0.25, 0.3) is 0 Å². The zero-order valence-electron chi connectivity index (χ0n) is 10.6. The summed E-state index contributed by atoms with van der Waals surface area (Å²) in [6.45, 7) is 4.81. The number of hydrogen-bond acceptors (Lipinski definition) is 2. The van der Waals surface area contributed by atoms with E-state index >= 15 is 0 Å². The molecule has 2 aromatic rings. The van der Waals surface area contributed by atoms with Gasteiger partial charge in [-0.15, -0.1) is 0 Å². The summed E-state index contributed by atoms with van der Waals surface area (Å²) in [6, 6.07) is 10.1. The number of nitrogens with two attached hydrogens (primary N) is 1. The van der Waals surface area contributed by atoms with Gasteiger partial charge < -0.3 is 10.3 Å². The smallest absolute Gasteiger partial charge is 0.0951 e. The monoisotopic (exact) mass is 259 g/mol. The lowest BCUT2D eigenvalue weighted by atomic mass is 9.99. The third-order valence-electron chi connectivity index (χ3n) is 3.27. The Balaban J connectivity index is 2.28. The van der Waals surface area contributed by atoms with Crippen LogP contribution >= 0.6 is 12.2 Å². The number of thiocarbonyl (C=S) groups is 1. The molecule has 3 nitrogen and oxygen atoms in total. The maximum atomic E-state index is 5.87. The normalized spacial score (nSPS) is 12.3. The highest BCUT2D eigenvalue weighted by molar-refractivity contribution is 7.80. The van der Waals surface area contributed by atoms with Crippen molar-refractivity contribution >= 4 is 17.2 Å². The molecule has 0 radical (unpaired) electrons. The summed E-state index contributed by atoms with van der Waals surface area (Å²) in [5.74, 6) is 0.0495. The molecule has 0 saturated heterocycles. The first kappa shape index (κ1) is 12.8. The van der Waals surface area contributed by atoms with Crippen molar-refractivity contribution in [3.05, 3.63) is 53.6 Å². The molecule has 2 N–H and O–H groups in total. The lowest BCUT2D eigenvalue weighted by Crippen LogP contribution is -2.24. The summed E-state index contributed by atoms with van der Waals surface area (Å²) in [6.07, 6.45) is 1.85. The van der Waals surface area contributed by atoms with Gasteiger partial charge in [0.05, 0.1) is 22.9 Å². The molecule has 0 saturated carbocycles. The van der Waals surface area contributed by atoms with E-state index < -0.39 is 0 Å². The highest BCUT2D eigenvalue weighted by atomic mass is 32.1. The average Bonchev–Trinajstić information content (AvgIpc) is 2.68. The van der Waals surface area contributed by atoms with Crippen LogP contribution in [-0.4, -0.2) is 14.5 Å². The summed E-state index contributed by atoms with van der Waals surface area (Å²) in [5.41, 5.74) is 9.23. The van der Waals surface area contributed by atoms with Gasteiger partial charge in [-0.1, -0.05) is 42.5 Å². The first-order chi connectivity index (χ1) is 8.59. The van der Waals surface area contributed by atoms with Crippen LogP contribution in [0.1, 0.15) is 22.9 Å². The largest absolute Gasteiger partial charge is 0.393 e. The zero-order valence-corrected chi connectivity index (χ0v) is 11.4. The van der Waals surface area contributed by atoms with Gasteiger partial charge in [0, 0.05) is 12.2 Å². The maximum Gasteiger partial charge on any atom is 0.0951 e. The Labute approximate surface area is 113 Å². The first-order valence-corrected chi connectivity index (χ1v) is 6.33. The molecule has 1 aromatic heterocycles. The lowest BCUT2D eigenvalue weighted by Gasteiger charge is -2.17. The van der Waals surface area contributed by atoms with E-state index in [-0.39, 0.29) is 5.92 Å². The van der Waals surface area contributed by atoms with Crippen molar-refractivity contribution in [2.75, 3.05) is 0 Å². The summed E-state index contributed by atoms with van der Waals surface area (Å²) in [4.78, 5) is 4.82. The molecule has 0 spiro atoms. The maximum absolute atomic E-state index is 5.87. The molecule has 0 fully saturated rings. The van der Waals surface area contributed by atoms with Crippen molar-refractivity contribution in [2.24, 2.45) is 5.73 Å². The fourth-order valence-corrected chi connectivity index (χ4v) is 2.18. The van der Waals surface area contributed by atoms with Crippen LogP contribution in [-0.2, 0) is 6.54 Å². The number of aryl methyl sites for hydroxylation is 1. The van der Waals surface area contributed by atoms with E-state index in [4.69, 9.17) is 18.0 Å². The quantitative estimate of drug-likeness (QED) is 0.858. The summed E-state index contributed by atoms with van der Waals surface area (Å²) in [5, 5.41) is 0. The molecule has 18 heavy (non-hydrogen) atoms. The molecular formula is C14H17N3S. The van der Waals surface area contributed by atoms with Crippen molar-refractivity contribution in [3.8, 4) is 0 Å². The topological polar surface area (TPSA) is 43.8 Å². The molecule has 0 aliphatic heterocycles. The van der Waals surface area contributed by atoms with Crippen LogP contribution in [0.25, 0.3) is 0 Å². The Morgan fingerprint density at radius 2 is 2.00 bits per heavy atom. The number of aromatic nitrogens is 2. The van der Waals surface area contributed by atoms with Crippen LogP contribution in [0.4, 0.5) is 0 Å². The van der Waals surface area contributed by atoms with E-state index in [1.54, 1.807) is 0 Å². The number of hydrogen-bond donors (Lipinski definition) is 1. The minimum Gasteiger partial charge on any atom is -0.393 e. The van der Waals surface area contributed by atoms with Gasteiger partial charge in [-0.3, -0.25) is 0 Å². The van der Waals surface area contributed by atoms with Gasteiger partial charge in [0.15, 0.2) is 0 Å². The molecule has 0 aliphatic rings. The Bertz CT molecular complexity index is 545. The highest BCUT2D eigenvalue weighted by Crippen LogP contribution is 2.19. The number of benzene rings is 1. The third kappa shape index (κ3) is 2.59. The Morgan fingerprint density at radius 1 is 1.33 bits per heavy atom. The van der Waals surface area contributed by atoms with Crippen molar-refractivity contribution in [1.82, 2.24) is 9.55 Å². The predicted octanol–water partition coefficient (Wildman–Crippen LogP) is 2.57. The Hall–Kier alpha value is -1.68. The van der Waals surface area contributed by atoms with Crippen molar-refractivity contribution < 1.29 is 0 Å². The standard InChI is InChI=1S/C14H17N3S/c1-10-11(2)17(9-16-10)8-13(14(15)18)12-6-4-3-5-7-12/h3-7,9,13H,8H2,1-2H3,(H2,15,18). The number of rotatable bonds is 4. The summed E-state index contributed by atoms with van der Waals surface area (Å²) >= 11 is 5.19. The Morgan fingerprint density at radius 3 is 2.50 bits per heavy atom. The Kier molecular flexibility index (Phi) is 3.77. The second kappa shape index (κ2) is 5.31. The fourth-order valence-electron chi connectivity index (χ4n) is 1.97. The van der Waals surface area contributed by atoms with E-state index in [2.05, 4.69) is 28.6 Å². The van der Waals surface area contributed by atoms with Crippen molar-refractivity contribution in [2.45, 2.75) is 26.3 Å². The van der Waals surface area contributed by atoms with E-state index in [9.17, 15) is 0 Å². The van der Waals surface area contributed by atoms with Crippen LogP contribution in [0.15, 0.2) is 36.7 Å². The molecule has 94 valence electrons. The number of imidazole rings is 1. The highest BCUT2D eigenvalue weighted by Gasteiger charge is 2.16. The molecule has 0 amide bonds. The van der Waals surface area contributed by atoms with Gasteiger partial charge in [0.2, 0.25) is 0 Å². The molecule has 1 heterocycles. The van der Waals surface area contributed by atoms with Gasteiger partial charge in [-0.2, -0.15) is 0 Å². The van der Waals surface area contributed by atoms with Gasteiger partial charge in [0.1, 0.15) is 0 Å². The second-order valence-corrected chi connectivity index (χ2v) is 4.90. The lowest BCUT2D eigenvalue weighted by molar-refractivity contribution is 0.644. The van der Waals surface area contributed by atoms with E-state index in [0.29, 0.717) is 4.99 Å². The molecule has 0 aliphatic carbocycles. The minimum atomic E-state index is 0.0495. The van der Waals surface area contributed by atoms with Gasteiger partial charge >= 0.3 is 0 Å². The van der Waals surface area contributed by atoms with Gasteiger partial charge in [-0.05, 0) is 19.4 Å². The molecular weight excluding hydrogens is 242 g/mol.